The molecule has 25 heavy (non-hydrogen) atoms. The normalized spacial score (nSPS) is 15.3. The molecule has 0 N–H and O–H groups in total. The highest BCUT2D eigenvalue weighted by molar-refractivity contribution is 9.10. The average molecular weight is 486 g/mol. The lowest BCUT2D eigenvalue weighted by Gasteiger charge is -2.09. The van der Waals surface area contributed by atoms with E-state index in [0.29, 0.717) is 22.2 Å². The first kappa shape index (κ1) is 18.7. The van der Waals surface area contributed by atoms with Crippen molar-refractivity contribution < 1.29 is 13.2 Å². The first-order valence-corrected chi connectivity index (χ1v) is 11.4. The zero-order valence-electron chi connectivity index (χ0n) is 13.8. The molecule has 1 aliphatic rings. The van der Waals surface area contributed by atoms with E-state index in [0.717, 1.165) is 39.3 Å². The van der Waals surface area contributed by atoms with E-state index in [1.54, 1.807) is 13.0 Å². The van der Waals surface area contributed by atoms with Crippen LogP contribution in [0, 0.1) is 0 Å². The Morgan fingerprint density at radius 3 is 2.44 bits per heavy atom. The van der Waals surface area contributed by atoms with E-state index in [1.165, 1.54) is 0 Å². The summed E-state index contributed by atoms with van der Waals surface area (Å²) in [5.41, 5.74) is 2.41. The third kappa shape index (κ3) is 3.71. The maximum absolute atomic E-state index is 12.8. The molecule has 0 unspecified atom stereocenters. The van der Waals surface area contributed by atoms with Gasteiger partial charge in [-0.1, -0.05) is 44.0 Å². The van der Waals surface area contributed by atoms with Crippen molar-refractivity contribution in [3.05, 3.63) is 63.0 Å². The van der Waals surface area contributed by atoms with E-state index in [4.69, 9.17) is 4.74 Å². The number of sulfone groups is 1. The van der Waals surface area contributed by atoms with Gasteiger partial charge in [0.15, 0.2) is 0 Å². The summed E-state index contributed by atoms with van der Waals surface area (Å²) in [5.74, 6) is 0.599. The van der Waals surface area contributed by atoms with Gasteiger partial charge in [0.2, 0.25) is 9.84 Å². The SMILES string of the molecule is CC1=C(c2ccc(Br)cc2)c2ccc(OCCCCBr)cc2S1(=O)=O. The van der Waals surface area contributed by atoms with Gasteiger partial charge in [-0.2, -0.15) is 0 Å². The van der Waals surface area contributed by atoms with E-state index < -0.39 is 9.84 Å². The minimum absolute atomic E-state index is 0.334. The standard InChI is InChI=1S/C19H18Br2O3S/c1-13-19(14-4-6-15(21)7-5-14)17-9-8-16(24-11-3-2-10-20)12-18(17)25(13,22)23/h4-9,12H,2-3,10-11H2,1H3. The predicted octanol–water partition coefficient (Wildman–Crippen LogP) is 5.57. The van der Waals surface area contributed by atoms with Crippen LogP contribution in [0.25, 0.3) is 5.57 Å². The molecule has 3 rings (SSSR count). The Kier molecular flexibility index (Phi) is 5.71. The van der Waals surface area contributed by atoms with Crippen LogP contribution in [-0.4, -0.2) is 20.4 Å². The van der Waals surface area contributed by atoms with Crippen molar-refractivity contribution in [2.24, 2.45) is 0 Å². The van der Waals surface area contributed by atoms with E-state index in [2.05, 4.69) is 31.9 Å². The van der Waals surface area contributed by atoms with Gasteiger partial charge in [0.05, 0.1) is 16.4 Å². The number of fused-ring (bicyclic) bond motifs is 1. The topological polar surface area (TPSA) is 43.4 Å². The van der Waals surface area contributed by atoms with Gasteiger partial charge in [0.25, 0.3) is 0 Å². The molecule has 0 atom stereocenters. The second-order valence-electron chi connectivity index (χ2n) is 5.84. The van der Waals surface area contributed by atoms with Gasteiger partial charge in [0.1, 0.15) is 5.75 Å². The molecular weight excluding hydrogens is 468 g/mol. The van der Waals surface area contributed by atoms with Crippen molar-refractivity contribution in [2.45, 2.75) is 24.7 Å². The Labute approximate surface area is 165 Å². The molecule has 1 aliphatic heterocycles. The average Bonchev–Trinajstić information content (AvgIpc) is 2.80. The second-order valence-corrected chi connectivity index (χ2v) is 9.61. The molecule has 0 radical (unpaired) electrons. The van der Waals surface area contributed by atoms with Crippen LogP contribution in [0.3, 0.4) is 0 Å². The summed E-state index contributed by atoms with van der Waals surface area (Å²) in [6.07, 6.45) is 1.95. The van der Waals surface area contributed by atoms with Crippen LogP contribution in [0.4, 0.5) is 0 Å². The molecule has 0 aromatic heterocycles. The zero-order chi connectivity index (χ0) is 18.0. The Morgan fingerprint density at radius 2 is 1.76 bits per heavy atom. The third-order valence-electron chi connectivity index (χ3n) is 4.20. The lowest BCUT2D eigenvalue weighted by Crippen LogP contribution is -2.01. The number of allylic oxidation sites excluding steroid dienone is 1. The van der Waals surface area contributed by atoms with Crippen molar-refractivity contribution in [1.82, 2.24) is 0 Å². The second kappa shape index (κ2) is 7.64. The first-order valence-electron chi connectivity index (χ1n) is 8.00. The van der Waals surface area contributed by atoms with Gasteiger partial charge in [-0.25, -0.2) is 8.42 Å². The number of unbranched alkanes of at least 4 members (excludes halogenated alkanes) is 1. The molecule has 2 aromatic rings. The molecule has 0 saturated carbocycles. The number of hydrogen-bond acceptors (Lipinski definition) is 3. The van der Waals surface area contributed by atoms with Gasteiger partial charge in [0, 0.05) is 20.9 Å². The fourth-order valence-corrected chi connectivity index (χ4v) is 5.09. The van der Waals surface area contributed by atoms with Gasteiger partial charge in [-0.3, -0.25) is 0 Å². The van der Waals surface area contributed by atoms with Crippen molar-refractivity contribution in [3.63, 3.8) is 0 Å². The van der Waals surface area contributed by atoms with Gasteiger partial charge in [-0.15, -0.1) is 0 Å². The number of ether oxygens (including phenoxy) is 1. The summed E-state index contributed by atoms with van der Waals surface area (Å²) < 4.78 is 32.3. The highest BCUT2D eigenvalue weighted by atomic mass is 79.9. The Balaban J connectivity index is 1.97. The summed E-state index contributed by atoms with van der Waals surface area (Å²) in [7, 11) is -3.47. The maximum atomic E-state index is 12.8. The highest BCUT2D eigenvalue weighted by Crippen LogP contribution is 2.43. The summed E-state index contributed by atoms with van der Waals surface area (Å²) in [4.78, 5) is 0.724. The van der Waals surface area contributed by atoms with Crippen LogP contribution >= 0.6 is 31.9 Å². The van der Waals surface area contributed by atoms with Crippen LogP contribution in [0.1, 0.15) is 30.9 Å². The summed E-state index contributed by atoms with van der Waals surface area (Å²) in [6, 6.07) is 13.0. The molecule has 6 heteroatoms. The largest absolute Gasteiger partial charge is 0.494 e. The lowest BCUT2D eigenvalue weighted by molar-refractivity contribution is 0.309. The number of rotatable bonds is 6. The summed E-state index contributed by atoms with van der Waals surface area (Å²) >= 11 is 6.80. The smallest absolute Gasteiger partial charge is 0.203 e. The van der Waals surface area contributed by atoms with Gasteiger partial charge in [-0.05, 0) is 55.7 Å². The molecule has 0 saturated heterocycles. The molecule has 0 bridgehead atoms. The van der Waals surface area contributed by atoms with E-state index in [-0.39, 0.29) is 0 Å². The van der Waals surface area contributed by atoms with Crippen molar-refractivity contribution in [2.75, 3.05) is 11.9 Å². The van der Waals surface area contributed by atoms with Gasteiger partial charge >= 0.3 is 0 Å². The minimum atomic E-state index is -3.47. The third-order valence-corrected chi connectivity index (χ3v) is 7.21. The zero-order valence-corrected chi connectivity index (χ0v) is 17.7. The number of halogens is 2. The fraction of sp³-hybridized carbons (Fsp3) is 0.263. The molecular formula is C19H18Br2O3S. The predicted molar refractivity (Wildman–Crippen MR) is 108 cm³/mol. The van der Waals surface area contributed by atoms with Crippen LogP contribution < -0.4 is 4.74 Å². The molecule has 0 fully saturated rings. The molecule has 0 aliphatic carbocycles. The summed E-state index contributed by atoms with van der Waals surface area (Å²) in [6.45, 7) is 2.25. The van der Waals surface area contributed by atoms with Crippen molar-refractivity contribution in [3.8, 4) is 5.75 Å². The summed E-state index contributed by atoms with van der Waals surface area (Å²) in [5, 5.41) is 0.939. The Morgan fingerprint density at radius 1 is 1.04 bits per heavy atom. The van der Waals surface area contributed by atoms with Crippen LogP contribution in [0.5, 0.6) is 5.75 Å². The maximum Gasteiger partial charge on any atom is 0.203 e. The lowest BCUT2D eigenvalue weighted by atomic mass is 9.98. The van der Waals surface area contributed by atoms with Crippen molar-refractivity contribution in [1.29, 1.82) is 0 Å². The number of benzene rings is 2. The van der Waals surface area contributed by atoms with Crippen molar-refractivity contribution >= 4 is 47.3 Å². The van der Waals surface area contributed by atoms with Gasteiger partial charge < -0.3 is 4.74 Å². The van der Waals surface area contributed by atoms with Crippen LogP contribution in [-0.2, 0) is 9.84 Å². The Bertz CT molecular complexity index is 916. The highest BCUT2D eigenvalue weighted by Gasteiger charge is 2.33. The molecule has 132 valence electrons. The molecule has 0 spiro atoms. The fourth-order valence-electron chi connectivity index (χ4n) is 2.87. The molecule has 3 nitrogen and oxygen atoms in total. The first-order chi connectivity index (χ1) is 11.9. The van der Waals surface area contributed by atoms with E-state index in [1.807, 2.05) is 36.4 Å². The Hall–Kier alpha value is -1.11. The molecule has 2 aromatic carbocycles. The van der Waals surface area contributed by atoms with Crippen LogP contribution in [0.2, 0.25) is 0 Å². The molecule has 0 amide bonds. The van der Waals surface area contributed by atoms with Crippen LogP contribution in [0.15, 0.2) is 56.7 Å². The molecule has 1 heterocycles. The number of alkyl halides is 1. The minimum Gasteiger partial charge on any atom is -0.494 e. The quantitative estimate of drug-likeness (QED) is 0.396. The monoisotopic (exact) mass is 484 g/mol. The number of hydrogen-bond donors (Lipinski definition) is 0. The van der Waals surface area contributed by atoms with E-state index in [9.17, 15) is 8.42 Å². The van der Waals surface area contributed by atoms with E-state index >= 15 is 0 Å².